The van der Waals surface area contributed by atoms with Crippen LogP contribution in [-0.2, 0) is 11.2 Å². The van der Waals surface area contributed by atoms with Crippen molar-refractivity contribution in [2.75, 3.05) is 6.54 Å². The van der Waals surface area contributed by atoms with E-state index in [2.05, 4.69) is 5.32 Å². The summed E-state index contributed by atoms with van der Waals surface area (Å²) < 4.78 is 0. The minimum atomic E-state index is 0.0106. The number of thiocarbonyl (C=S) groups is 1. The molecule has 0 spiro atoms. The van der Waals surface area contributed by atoms with Crippen molar-refractivity contribution in [3.05, 3.63) is 22.4 Å². The number of carbonyl (C=O) groups is 1. The molecule has 0 aromatic carbocycles. The molecule has 0 radical (unpaired) electrons. The summed E-state index contributed by atoms with van der Waals surface area (Å²) in [5.74, 6) is 0.0583. The molecular weight excluding hydrogens is 228 g/mol. The molecule has 0 bridgehead atoms. The Bertz CT molecular complexity index is 335. The summed E-state index contributed by atoms with van der Waals surface area (Å²) in [5.41, 5.74) is 6.48. The van der Waals surface area contributed by atoms with E-state index in [4.69, 9.17) is 18.0 Å². The minimum Gasteiger partial charge on any atom is -0.393 e. The Kier molecular flexibility index (Phi) is 4.71. The molecule has 0 saturated heterocycles. The molecular formula is C10H14N2OS2. The van der Waals surface area contributed by atoms with Gasteiger partial charge in [0.05, 0.1) is 11.4 Å². The number of hydrogen-bond acceptors (Lipinski definition) is 3. The second-order valence-corrected chi connectivity index (χ2v) is 4.67. The normalized spacial score (nSPS) is 12.1. The fourth-order valence-electron chi connectivity index (χ4n) is 1.01. The monoisotopic (exact) mass is 242 g/mol. The second kappa shape index (κ2) is 5.82. The minimum absolute atomic E-state index is 0.0106. The van der Waals surface area contributed by atoms with Gasteiger partial charge >= 0.3 is 0 Å². The van der Waals surface area contributed by atoms with Gasteiger partial charge in [0.2, 0.25) is 5.91 Å². The van der Waals surface area contributed by atoms with Gasteiger partial charge in [0.1, 0.15) is 0 Å². The zero-order valence-electron chi connectivity index (χ0n) is 8.53. The molecule has 0 aliphatic rings. The van der Waals surface area contributed by atoms with E-state index in [1.54, 1.807) is 11.3 Å². The lowest BCUT2D eigenvalue weighted by atomic mass is 10.2. The van der Waals surface area contributed by atoms with Crippen LogP contribution in [0.2, 0.25) is 0 Å². The lowest BCUT2D eigenvalue weighted by Crippen LogP contribution is -2.34. The number of thiophene rings is 1. The number of rotatable bonds is 5. The van der Waals surface area contributed by atoms with Gasteiger partial charge in [0.25, 0.3) is 0 Å². The molecule has 1 atom stereocenters. The van der Waals surface area contributed by atoms with Gasteiger partial charge in [0, 0.05) is 12.5 Å². The van der Waals surface area contributed by atoms with Crippen LogP contribution in [0.25, 0.3) is 0 Å². The second-order valence-electron chi connectivity index (χ2n) is 3.42. The number of amides is 1. The van der Waals surface area contributed by atoms with Crippen LogP contribution in [0.5, 0.6) is 0 Å². The highest BCUT2D eigenvalue weighted by Gasteiger charge is 2.08. The van der Waals surface area contributed by atoms with Crippen molar-refractivity contribution < 1.29 is 4.79 Å². The first-order valence-corrected chi connectivity index (χ1v) is 6.02. The highest BCUT2D eigenvalue weighted by Crippen LogP contribution is 2.06. The largest absolute Gasteiger partial charge is 0.393 e. The van der Waals surface area contributed by atoms with Gasteiger partial charge in [-0.2, -0.15) is 11.3 Å². The Labute approximate surface area is 98.7 Å². The van der Waals surface area contributed by atoms with Crippen molar-refractivity contribution >= 4 is 34.5 Å². The standard InChI is InChI=1S/C10H14N2OS2/c1-7(10(11)14)5-12-9(13)4-8-2-3-15-6-8/h2-3,6-7H,4-5H2,1H3,(H2,11,14)(H,12,13). The Morgan fingerprint density at radius 3 is 3.00 bits per heavy atom. The van der Waals surface area contributed by atoms with Crippen LogP contribution in [0, 0.1) is 5.92 Å². The summed E-state index contributed by atoms with van der Waals surface area (Å²) in [7, 11) is 0. The molecule has 0 saturated carbocycles. The summed E-state index contributed by atoms with van der Waals surface area (Å²) >= 11 is 6.40. The smallest absolute Gasteiger partial charge is 0.224 e. The topological polar surface area (TPSA) is 55.1 Å². The van der Waals surface area contributed by atoms with Gasteiger partial charge in [-0.05, 0) is 22.4 Å². The van der Waals surface area contributed by atoms with Gasteiger partial charge in [0.15, 0.2) is 0 Å². The zero-order chi connectivity index (χ0) is 11.3. The molecule has 1 amide bonds. The van der Waals surface area contributed by atoms with Gasteiger partial charge in [-0.3, -0.25) is 4.79 Å². The van der Waals surface area contributed by atoms with E-state index in [9.17, 15) is 4.79 Å². The maximum Gasteiger partial charge on any atom is 0.224 e. The fraction of sp³-hybridized carbons (Fsp3) is 0.400. The zero-order valence-corrected chi connectivity index (χ0v) is 10.2. The Morgan fingerprint density at radius 1 is 1.73 bits per heavy atom. The van der Waals surface area contributed by atoms with Crippen molar-refractivity contribution in [3.63, 3.8) is 0 Å². The molecule has 1 heterocycles. The fourth-order valence-corrected chi connectivity index (χ4v) is 1.76. The summed E-state index contributed by atoms with van der Waals surface area (Å²) in [6.07, 6.45) is 0.424. The lowest BCUT2D eigenvalue weighted by Gasteiger charge is -2.10. The average molecular weight is 242 g/mol. The Morgan fingerprint density at radius 2 is 2.47 bits per heavy atom. The highest BCUT2D eigenvalue weighted by molar-refractivity contribution is 7.80. The van der Waals surface area contributed by atoms with Gasteiger partial charge in [-0.25, -0.2) is 0 Å². The molecule has 5 heteroatoms. The average Bonchev–Trinajstić information content (AvgIpc) is 2.66. The number of carbonyl (C=O) groups excluding carboxylic acids is 1. The van der Waals surface area contributed by atoms with Gasteiger partial charge in [-0.1, -0.05) is 19.1 Å². The van der Waals surface area contributed by atoms with Crippen LogP contribution in [0.3, 0.4) is 0 Å². The van der Waals surface area contributed by atoms with E-state index in [1.165, 1.54) is 0 Å². The van der Waals surface area contributed by atoms with Crippen molar-refractivity contribution in [1.29, 1.82) is 0 Å². The van der Waals surface area contributed by atoms with Crippen molar-refractivity contribution in [2.45, 2.75) is 13.3 Å². The third kappa shape index (κ3) is 4.40. The van der Waals surface area contributed by atoms with Gasteiger partial charge < -0.3 is 11.1 Å². The van der Waals surface area contributed by atoms with E-state index in [1.807, 2.05) is 23.8 Å². The highest BCUT2D eigenvalue weighted by atomic mass is 32.1. The van der Waals surface area contributed by atoms with Crippen molar-refractivity contribution in [3.8, 4) is 0 Å². The Hall–Kier alpha value is -0.940. The summed E-state index contributed by atoms with van der Waals surface area (Å²) in [6.45, 7) is 2.41. The molecule has 0 aliphatic carbocycles. The van der Waals surface area contributed by atoms with E-state index in [-0.39, 0.29) is 11.8 Å². The van der Waals surface area contributed by atoms with Crippen LogP contribution in [0.1, 0.15) is 12.5 Å². The summed E-state index contributed by atoms with van der Waals surface area (Å²) in [6, 6.07) is 1.95. The predicted octanol–water partition coefficient (Wildman–Crippen LogP) is 1.33. The van der Waals surface area contributed by atoms with E-state index in [0.29, 0.717) is 18.0 Å². The van der Waals surface area contributed by atoms with E-state index in [0.717, 1.165) is 5.56 Å². The molecule has 1 aromatic rings. The molecule has 3 N–H and O–H groups in total. The molecule has 1 rings (SSSR count). The number of hydrogen-bond donors (Lipinski definition) is 2. The van der Waals surface area contributed by atoms with Crippen molar-refractivity contribution in [2.24, 2.45) is 11.7 Å². The SMILES string of the molecule is CC(CNC(=O)Cc1ccsc1)C(N)=S. The van der Waals surface area contributed by atoms with Crippen LogP contribution < -0.4 is 11.1 Å². The van der Waals surface area contributed by atoms with Gasteiger partial charge in [-0.15, -0.1) is 0 Å². The van der Waals surface area contributed by atoms with E-state index < -0.39 is 0 Å². The summed E-state index contributed by atoms with van der Waals surface area (Å²) in [4.78, 5) is 11.9. The molecule has 15 heavy (non-hydrogen) atoms. The number of nitrogens with one attached hydrogen (secondary N) is 1. The maximum absolute atomic E-state index is 11.4. The lowest BCUT2D eigenvalue weighted by molar-refractivity contribution is -0.120. The summed E-state index contributed by atoms with van der Waals surface area (Å²) in [5, 5.41) is 6.73. The molecule has 82 valence electrons. The Balaban J connectivity index is 2.28. The first-order chi connectivity index (χ1) is 7.09. The first kappa shape index (κ1) is 12.1. The molecule has 1 aromatic heterocycles. The number of nitrogens with two attached hydrogens (primary N) is 1. The molecule has 0 aliphatic heterocycles. The molecule has 1 unspecified atom stereocenters. The first-order valence-electron chi connectivity index (χ1n) is 4.66. The van der Waals surface area contributed by atoms with Crippen molar-refractivity contribution in [1.82, 2.24) is 5.32 Å². The molecule has 0 fully saturated rings. The quantitative estimate of drug-likeness (QED) is 0.766. The van der Waals surface area contributed by atoms with Crippen LogP contribution in [0.4, 0.5) is 0 Å². The third-order valence-electron chi connectivity index (χ3n) is 2.04. The maximum atomic E-state index is 11.4. The predicted molar refractivity (Wildman–Crippen MR) is 67.0 cm³/mol. The van der Waals surface area contributed by atoms with E-state index >= 15 is 0 Å². The van der Waals surface area contributed by atoms with Crippen LogP contribution in [-0.4, -0.2) is 17.4 Å². The third-order valence-corrected chi connectivity index (χ3v) is 3.17. The van der Waals surface area contributed by atoms with Crippen LogP contribution in [0.15, 0.2) is 16.8 Å². The van der Waals surface area contributed by atoms with Crippen LogP contribution >= 0.6 is 23.6 Å². The molecule has 3 nitrogen and oxygen atoms in total.